The van der Waals surface area contributed by atoms with Crippen LogP contribution in [0.3, 0.4) is 0 Å². The quantitative estimate of drug-likeness (QED) is 0.387. The molecule has 0 bridgehead atoms. The van der Waals surface area contributed by atoms with E-state index in [0.29, 0.717) is 23.2 Å². The maximum absolute atomic E-state index is 13.4. The van der Waals surface area contributed by atoms with Crippen LogP contribution in [0.5, 0.6) is 5.88 Å². The lowest BCUT2D eigenvalue weighted by Crippen LogP contribution is -2.28. The summed E-state index contributed by atoms with van der Waals surface area (Å²) in [4.78, 5) is 40.4. The van der Waals surface area contributed by atoms with Crippen LogP contribution < -0.4 is 15.4 Å². The fraction of sp³-hybridized carbons (Fsp3) is 0.360. The first-order valence-electron chi connectivity index (χ1n) is 12.2. The van der Waals surface area contributed by atoms with Crippen LogP contribution in [0.4, 0.5) is 23.8 Å². The van der Waals surface area contributed by atoms with Crippen molar-refractivity contribution in [1.82, 2.24) is 20.3 Å². The number of rotatable bonds is 7. The number of hydrogen-bond acceptors (Lipinski definition) is 9. The van der Waals surface area contributed by atoms with Crippen molar-refractivity contribution in [2.24, 2.45) is 4.99 Å². The number of carbonyl (C=O) groups is 2. The molecule has 3 aromatic heterocycles. The van der Waals surface area contributed by atoms with Gasteiger partial charge in [-0.1, -0.05) is 0 Å². The number of thiazole rings is 1. The SMILES string of the molecule is CCNC(=O)Nc1cc(-c2nc(C(F)(F)F)cs2)c(-c2cc(C3=NCC(=O)O3)cnc2OC2CCCC2)cn1. The topological polar surface area (TPSA) is 128 Å². The lowest BCUT2D eigenvalue weighted by atomic mass is 10.0. The van der Waals surface area contributed by atoms with Gasteiger partial charge >= 0.3 is 18.2 Å². The number of carbonyl (C=O) groups excluding carboxylic acids is 2. The Bertz CT molecular complexity index is 1440. The van der Waals surface area contributed by atoms with Crippen molar-refractivity contribution in [3.63, 3.8) is 0 Å². The minimum Gasteiger partial charge on any atom is -0.474 e. The van der Waals surface area contributed by atoms with Crippen molar-refractivity contribution in [1.29, 1.82) is 0 Å². The summed E-state index contributed by atoms with van der Waals surface area (Å²) in [6.07, 6.45) is 1.88. The largest absolute Gasteiger partial charge is 0.474 e. The summed E-state index contributed by atoms with van der Waals surface area (Å²) in [7, 11) is 0. The number of amides is 2. The number of ether oxygens (including phenoxy) is 2. The van der Waals surface area contributed by atoms with Gasteiger partial charge in [0, 0.05) is 41.0 Å². The van der Waals surface area contributed by atoms with Crippen molar-refractivity contribution >= 4 is 35.1 Å². The number of halogens is 3. The third kappa shape index (κ3) is 6.00. The second-order valence-corrected chi connectivity index (χ2v) is 9.69. The van der Waals surface area contributed by atoms with Gasteiger partial charge in [0.1, 0.15) is 23.5 Å². The highest BCUT2D eigenvalue weighted by Gasteiger charge is 2.34. The number of nitrogens with zero attached hydrogens (tertiary/aromatic N) is 4. The van der Waals surface area contributed by atoms with Crippen LogP contribution in [0.1, 0.15) is 43.9 Å². The molecule has 0 saturated heterocycles. The van der Waals surface area contributed by atoms with Gasteiger partial charge in [-0.15, -0.1) is 11.3 Å². The third-order valence-corrected chi connectivity index (χ3v) is 6.91. The Balaban J connectivity index is 1.64. The van der Waals surface area contributed by atoms with Crippen LogP contribution in [-0.2, 0) is 15.7 Å². The van der Waals surface area contributed by atoms with E-state index in [1.807, 2.05) is 0 Å². The van der Waals surface area contributed by atoms with Crippen molar-refractivity contribution in [3.8, 4) is 27.6 Å². The average Bonchev–Trinajstić information content (AvgIpc) is 3.67. The Labute approximate surface area is 224 Å². The van der Waals surface area contributed by atoms with Crippen molar-refractivity contribution in [2.45, 2.75) is 44.9 Å². The number of nitrogens with one attached hydrogen (secondary N) is 2. The molecule has 0 atom stereocenters. The molecule has 1 saturated carbocycles. The number of pyridine rings is 2. The monoisotopic (exact) mass is 560 g/mol. The van der Waals surface area contributed by atoms with E-state index < -0.39 is 23.9 Å². The van der Waals surface area contributed by atoms with E-state index in [1.54, 1.807) is 13.0 Å². The standard InChI is InChI=1S/C25H23F3N6O4S/c1-2-29-24(36)34-19-8-16(23-33-18(12-39-23)25(26,27)28)17(10-30-19)15-7-13(21-32-11-20(35)38-21)9-31-22(15)37-14-5-3-4-6-14/h7-10,12,14H,2-6,11H2,1H3,(H2,29,30,34,36). The van der Waals surface area contributed by atoms with E-state index in [9.17, 15) is 22.8 Å². The third-order valence-electron chi connectivity index (χ3n) is 6.04. The highest BCUT2D eigenvalue weighted by molar-refractivity contribution is 7.13. The van der Waals surface area contributed by atoms with Crippen LogP contribution in [0.25, 0.3) is 21.7 Å². The van der Waals surface area contributed by atoms with Gasteiger partial charge in [-0.25, -0.2) is 29.5 Å². The zero-order chi connectivity index (χ0) is 27.6. The van der Waals surface area contributed by atoms with E-state index in [0.717, 1.165) is 42.4 Å². The first-order valence-corrected chi connectivity index (χ1v) is 13.1. The van der Waals surface area contributed by atoms with Gasteiger partial charge in [-0.2, -0.15) is 13.2 Å². The molecule has 0 unspecified atom stereocenters. The molecule has 1 aliphatic heterocycles. The average molecular weight is 561 g/mol. The number of esters is 1. The predicted molar refractivity (Wildman–Crippen MR) is 137 cm³/mol. The van der Waals surface area contributed by atoms with E-state index in [1.165, 1.54) is 18.5 Å². The zero-order valence-electron chi connectivity index (χ0n) is 20.7. The molecule has 0 spiro atoms. The van der Waals surface area contributed by atoms with Crippen molar-refractivity contribution in [2.75, 3.05) is 18.4 Å². The summed E-state index contributed by atoms with van der Waals surface area (Å²) in [6, 6.07) is 2.57. The number of urea groups is 1. The maximum atomic E-state index is 13.4. The summed E-state index contributed by atoms with van der Waals surface area (Å²) >= 11 is 0.803. The molecule has 1 aliphatic carbocycles. The minimum absolute atomic E-state index is 0.0560. The number of cyclic esters (lactones) is 1. The fourth-order valence-electron chi connectivity index (χ4n) is 4.24. The molecule has 1 fully saturated rings. The molecule has 2 N–H and O–H groups in total. The van der Waals surface area contributed by atoms with Crippen LogP contribution in [0.2, 0.25) is 0 Å². The summed E-state index contributed by atoms with van der Waals surface area (Å²) in [6.45, 7) is 1.98. The van der Waals surface area contributed by atoms with E-state index in [-0.39, 0.29) is 40.8 Å². The number of aromatic nitrogens is 3. The Morgan fingerprint density at radius 1 is 1.15 bits per heavy atom. The van der Waals surface area contributed by atoms with Gasteiger partial charge in [0.2, 0.25) is 11.8 Å². The van der Waals surface area contributed by atoms with Crippen molar-refractivity contribution in [3.05, 3.63) is 41.2 Å². The fourth-order valence-corrected chi connectivity index (χ4v) is 5.10. The van der Waals surface area contributed by atoms with Crippen molar-refractivity contribution < 1.29 is 32.2 Å². The molecule has 3 aromatic rings. The predicted octanol–water partition coefficient (Wildman–Crippen LogP) is 5.05. The second-order valence-electron chi connectivity index (χ2n) is 8.83. The molecular formula is C25H23F3N6O4S. The van der Waals surface area contributed by atoms with Crippen LogP contribution >= 0.6 is 11.3 Å². The maximum Gasteiger partial charge on any atom is 0.434 e. The molecule has 0 radical (unpaired) electrons. The Morgan fingerprint density at radius 3 is 2.62 bits per heavy atom. The Hall–Kier alpha value is -4.07. The summed E-state index contributed by atoms with van der Waals surface area (Å²) in [5.74, 6) is -0.0715. The van der Waals surface area contributed by atoms with E-state index >= 15 is 0 Å². The molecule has 204 valence electrons. The lowest BCUT2D eigenvalue weighted by molar-refractivity contribution is -0.140. The van der Waals surface area contributed by atoms with E-state index in [4.69, 9.17) is 9.47 Å². The van der Waals surface area contributed by atoms with Crippen LogP contribution in [0.15, 0.2) is 34.9 Å². The van der Waals surface area contributed by atoms with Gasteiger partial charge in [-0.3, -0.25) is 5.32 Å². The van der Waals surface area contributed by atoms with Gasteiger partial charge in [-0.05, 0) is 44.7 Å². The van der Waals surface area contributed by atoms with E-state index in [2.05, 4.69) is 30.6 Å². The molecule has 0 aromatic carbocycles. The molecule has 10 nitrogen and oxygen atoms in total. The molecule has 5 rings (SSSR count). The smallest absolute Gasteiger partial charge is 0.434 e. The first kappa shape index (κ1) is 26.5. The number of alkyl halides is 3. The summed E-state index contributed by atoms with van der Waals surface area (Å²) in [5, 5.41) is 6.13. The van der Waals surface area contributed by atoms with Gasteiger partial charge in [0.25, 0.3) is 0 Å². The molecular weight excluding hydrogens is 537 g/mol. The number of anilines is 1. The van der Waals surface area contributed by atoms with Crippen LogP contribution in [-0.4, -0.2) is 52.0 Å². The lowest BCUT2D eigenvalue weighted by Gasteiger charge is -2.18. The normalized spacial score (nSPS) is 15.7. The minimum atomic E-state index is -4.63. The number of hydrogen-bond donors (Lipinski definition) is 2. The highest BCUT2D eigenvalue weighted by atomic mass is 32.1. The Morgan fingerprint density at radius 2 is 1.95 bits per heavy atom. The summed E-state index contributed by atoms with van der Waals surface area (Å²) in [5.41, 5.74) is 0.399. The van der Waals surface area contributed by atoms with Gasteiger partial charge in [0.15, 0.2) is 5.69 Å². The van der Waals surface area contributed by atoms with Gasteiger partial charge in [0.05, 0.1) is 5.56 Å². The molecule has 2 aliphatic rings. The molecule has 4 heterocycles. The second kappa shape index (κ2) is 11.0. The highest BCUT2D eigenvalue weighted by Crippen LogP contribution is 2.41. The van der Waals surface area contributed by atoms with Crippen LogP contribution in [0, 0.1) is 0 Å². The first-order chi connectivity index (χ1) is 18.7. The van der Waals surface area contributed by atoms with Gasteiger partial charge < -0.3 is 14.8 Å². The Kier molecular flexibility index (Phi) is 7.46. The molecule has 14 heteroatoms. The summed E-state index contributed by atoms with van der Waals surface area (Å²) < 4.78 is 51.6. The molecule has 2 amide bonds. The molecule has 39 heavy (non-hydrogen) atoms. The number of aliphatic imine (C=N–C) groups is 1. The zero-order valence-corrected chi connectivity index (χ0v) is 21.5.